The molecule has 1 atom stereocenters. The number of nitrogens with one attached hydrogen (secondary N) is 1. The summed E-state index contributed by atoms with van der Waals surface area (Å²) in [5.74, 6) is 0.579. The number of amides is 3. The lowest BCUT2D eigenvalue weighted by molar-refractivity contribution is -0.139. The van der Waals surface area contributed by atoms with Crippen molar-refractivity contribution in [2.75, 3.05) is 25.0 Å². The van der Waals surface area contributed by atoms with E-state index in [9.17, 15) is 9.59 Å². The van der Waals surface area contributed by atoms with E-state index in [1.807, 2.05) is 61.2 Å². The van der Waals surface area contributed by atoms with Crippen LogP contribution in [0.5, 0.6) is 5.75 Å². The summed E-state index contributed by atoms with van der Waals surface area (Å²) in [5, 5.41) is 2.88. The smallest absolute Gasteiger partial charge is 0.322 e. The highest BCUT2D eigenvalue weighted by Crippen LogP contribution is 2.25. The molecule has 28 heavy (non-hydrogen) atoms. The van der Waals surface area contributed by atoms with Crippen molar-refractivity contribution in [3.63, 3.8) is 0 Å². The first kappa shape index (κ1) is 19.7. The highest BCUT2D eigenvalue weighted by molar-refractivity contribution is 5.95. The molecular formula is C22H27N3O3. The van der Waals surface area contributed by atoms with Gasteiger partial charge in [0.05, 0.1) is 12.3 Å². The maximum absolute atomic E-state index is 12.8. The predicted octanol–water partition coefficient (Wildman–Crippen LogP) is 3.66. The van der Waals surface area contributed by atoms with Crippen LogP contribution in [0.4, 0.5) is 10.5 Å². The number of hydrogen-bond donors (Lipinski definition) is 1. The van der Waals surface area contributed by atoms with Crippen molar-refractivity contribution >= 4 is 17.6 Å². The van der Waals surface area contributed by atoms with Crippen molar-refractivity contribution in [1.82, 2.24) is 9.80 Å². The normalized spacial score (nSPS) is 16.8. The van der Waals surface area contributed by atoms with Crippen LogP contribution >= 0.6 is 0 Å². The third-order valence-corrected chi connectivity index (χ3v) is 4.93. The molecule has 1 N–H and O–H groups in total. The molecule has 0 unspecified atom stereocenters. The fourth-order valence-electron chi connectivity index (χ4n) is 3.32. The maximum atomic E-state index is 12.8. The molecule has 1 heterocycles. The van der Waals surface area contributed by atoms with E-state index in [4.69, 9.17) is 4.74 Å². The van der Waals surface area contributed by atoms with Gasteiger partial charge in [0, 0.05) is 19.6 Å². The first-order valence-corrected chi connectivity index (χ1v) is 9.63. The van der Waals surface area contributed by atoms with E-state index >= 15 is 0 Å². The minimum atomic E-state index is -0.515. The molecule has 6 nitrogen and oxygen atoms in total. The van der Waals surface area contributed by atoms with Crippen LogP contribution in [0.25, 0.3) is 0 Å². The zero-order chi connectivity index (χ0) is 20.1. The van der Waals surface area contributed by atoms with Gasteiger partial charge in [-0.05, 0) is 38.5 Å². The van der Waals surface area contributed by atoms with Gasteiger partial charge in [-0.15, -0.1) is 0 Å². The van der Waals surface area contributed by atoms with Gasteiger partial charge in [0.25, 0.3) is 0 Å². The molecular weight excluding hydrogens is 354 g/mol. The Morgan fingerprint density at radius 1 is 1.14 bits per heavy atom. The van der Waals surface area contributed by atoms with Gasteiger partial charge in [0.15, 0.2) is 0 Å². The number of rotatable bonds is 5. The number of anilines is 1. The highest BCUT2D eigenvalue weighted by Gasteiger charge is 2.34. The van der Waals surface area contributed by atoms with Crippen LogP contribution in [-0.4, -0.2) is 47.5 Å². The Morgan fingerprint density at radius 2 is 1.86 bits per heavy atom. The van der Waals surface area contributed by atoms with Crippen molar-refractivity contribution in [3.05, 3.63) is 59.7 Å². The minimum absolute atomic E-state index is 0.0416. The minimum Gasteiger partial charge on any atom is -0.492 e. The van der Waals surface area contributed by atoms with Crippen LogP contribution in [0.2, 0.25) is 0 Å². The molecule has 1 saturated heterocycles. The van der Waals surface area contributed by atoms with Crippen molar-refractivity contribution in [2.45, 2.75) is 33.4 Å². The zero-order valence-corrected chi connectivity index (χ0v) is 16.6. The number of urea groups is 1. The zero-order valence-electron chi connectivity index (χ0n) is 16.6. The van der Waals surface area contributed by atoms with Gasteiger partial charge >= 0.3 is 6.03 Å². The Kier molecular flexibility index (Phi) is 6.19. The Bertz CT molecular complexity index is 835. The van der Waals surface area contributed by atoms with Gasteiger partial charge in [-0.2, -0.15) is 0 Å². The summed E-state index contributed by atoms with van der Waals surface area (Å²) < 4.78 is 5.56. The molecule has 0 spiro atoms. The molecule has 148 valence electrons. The number of carbonyl (C=O) groups excluding carboxylic acids is 2. The van der Waals surface area contributed by atoms with Crippen LogP contribution in [0.1, 0.15) is 25.0 Å². The summed E-state index contributed by atoms with van der Waals surface area (Å²) in [7, 11) is 0. The first-order valence-electron chi connectivity index (χ1n) is 9.63. The molecule has 1 aliphatic rings. The third-order valence-electron chi connectivity index (χ3n) is 4.93. The lowest BCUT2D eigenvalue weighted by Crippen LogP contribution is -2.58. The van der Waals surface area contributed by atoms with Gasteiger partial charge < -0.3 is 19.9 Å². The van der Waals surface area contributed by atoms with E-state index in [1.54, 1.807) is 17.9 Å². The number of piperazine rings is 1. The molecule has 3 rings (SSSR count). The van der Waals surface area contributed by atoms with E-state index in [0.717, 1.165) is 5.56 Å². The van der Waals surface area contributed by atoms with Crippen LogP contribution < -0.4 is 10.1 Å². The van der Waals surface area contributed by atoms with Gasteiger partial charge in [-0.3, -0.25) is 4.79 Å². The molecule has 3 amide bonds. The standard InChI is InChI=1S/C22H27N3O3/c1-4-28-20-8-6-5-7-19(20)23-22(27)25-14-13-24(21(26)17(25)3)15-18-11-9-16(2)10-12-18/h5-12,17H,4,13-15H2,1-3H3,(H,23,27)/t17-/m1/s1. The number of benzene rings is 2. The number of para-hydroxylation sites is 2. The van der Waals surface area contributed by atoms with Gasteiger partial charge in [-0.1, -0.05) is 42.0 Å². The topological polar surface area (TPSA) is 61.9 Å². The predicted molar refractivity (Wildman–Crippen MR) is 109 cm³/mol. The summed E-state index contributed by atoms with van der Waals surface area (Å²) in [4.78, 5) is 29.0. The molecule has 2 aromatic rings. The lowest BCUT2D eigenvalue weighted by Gasteiger charge is -2.39. The molecule has 2 aromatic carbocycles. The summed E-state index contributed by atoms with van der Waals surface area (Å²) >= 11 is 0. The Labute approximate surface area is 166 Å². The monoisotopic (exact) mass is 381 g/mol. The number of ether oxygens (including phenoxy) is 1. The van der Waals surface area contributed by atoms with E-state index < -0.39 is 6.04 Å². The van der Waals surface area contributed by atoms with E-state index in [-0.39, 0.29) is 11.9 Å². The van der Waals surface area contributed by atoms with Crippen LogP contribution in [0.15, 0.2) is 48.5 Å². The summed E-state index contributed by atoms with van der Waals surface area (Å²) in [6.07, 6.45) is 0. The fraction of sp³-hybridized carbons (Fsp3) is 0.364. The van der Waals surface area contributed by atoms with Gasteiger partial charge in [0.2, 0.25) is 5.91 Å². The largest absolute Gasteiger partial charge is 0.492 e. The number of nitrogens with zero attached hydrogens (tertiary/aromatic N) is 2. The second-order valence-electron chi connectivity index (χ2n) is 6.97. The maximum Gasteiger partial charge on any atom is 0.322 e. The number of aryl methyl sites for hydroxylation is 1. The fourth-order valence-corrected chi connectivity index (χ4v) is 3.32. The van der Waals surface area contributed by atoms with Crippen molar-refractivity contribution in [3.8, 4) is 5.75 Å². The van der Waals surface area contributed by atoms with Crippen LogP contribution in [0, 0.1) is 6.92 Å². The molecule has 0 aliphatic carbocycles. The summed E-state index contributed by atoms with van der Waals surface area (Å²) in [6, 6.07) is 14.7. The SMILES string of the molecule is CCOc1ccccc1NC(=O)N1CCN(Cc2ccc(C)cc2)C(=O)[C@H]1C. The quantitative estimate of drug-likeness (QED) is 0.860. The summed E-state index contributed by atoms with van der Waals surface area (Å²) in [5.41, 5.74) is 2.89. The molecule has 6 heteroatoms. The van der Waals surface area contributed by atoms with Gasteiger partial charge in [-0.25, -0.2) is 4.79 Å². The summed E-state index contributed by atoms with van der Waals surface area (Å²) in [6.45, 7) is 7.78. The molecule has 0 saturated carbocycles. The second-order valence-corrected chi connectivity index (χ2v) is 6.97. The first-order chi connectivity index (χ1) is 13.5. The Balaban J connectivity index is 1.64. The molecule has 0 radical (unpaired) electrons. The number of hydrogen-bond acceptors (Lipinski definition) is 3. The molecule has 1 fully saturated rings. The number of carbonyl (C=O) groups is 2. The lowest BCUT2D eigenvalue weighted by atomic mass is 10.1. The van der Waals surface area contributed by atoms with E-state index in [2.05, 4.69) is 5.32 Å². The second kappa shape index (κ2) is 8.78. The highest BCUT2D eigenvalue weighted by atomic mass is 16.5. The van der Waals surface area contributed by atoms with Crippen molar-refractivity contribution < 1.29 is 14.3 Å². The Morgan fingerprint density at radius 3 is 2.57 bits per heavy atom. The van der Waals surface area contributed by atoms with Gasteiger partial charge in [0.1, 0.15) is 11.8 Å². The average molecular weight is 381 g/mol. The average Bonchev–Trinajstić information content (AvgIpc) is 2.69. The van der Waals surface area contributed by atoms with Crippen LogP contribution in [0.3, 0.4) is 0 Å². The van der Waals surface area contributed by atoms with Crippen molar-refractivity contribution in [2.24, 2.45) is 0 Å². The molecule has 0 aromatic heterocycles. The van der Waals surface area contributed by atoms with E-state index in [1.165, 1.54) is 5.56 Å². The molecule has 0 bridgehead atoms. The Hall–Kier alpha value is -3.02. The van der Waals surface area contributed by atoms with Crippen molar-refractivity contribution in [1.29, 1.82) is 0 Å². The molecule has 1 aliphatic heterocycles. The van der Waals surface area contributed by atoms with Crippen LogP contribution in [-0.2, 0) is 11.3 Å². The van der Waals surface area contributed by atoms with E-state index in [0.29, 0.717) is 37.7 Å². The third kappa shape index (κ3) is 4.44.